The molecule has 2 aromatic rings. The van der Waals surface area contributed by atoms with Crippen molar-refractivity contribution in [1.29, 1.82) is 0 Å². The highest BCUT2D eigenvalue weighted by Gasteiger charge is 2.53. The Labute approximate surface area is 159 Å². The van der Waals surface area contributed by atoms with Crippen molar-refractivity contribution in [2.45, 2.75) is 19.4 Å². The van der Waals surface area contributed by atoms with Crippen LogP contribution in [0.2, 0.25) is 5.02 Å². The third-order valence-corrected chi connectivity index (χ3v) is 6.27. The second kappa shape index (κ2) is 5.82. The Hall–Kier alpha value is -2.38. The maximum atomic E-state index is 12.8. The Kier molecular flexibility index (Phi) is 3.82. The minimum Gasteiger partial charge on any atom is -0.465 e. The molecule has 26 heavy (non-hydrogen) atoms. The summed E-state index contributed by atoms with van der Waals surface area (Å²) in [6.07, 6.45) is -1.04. The van der Waals surface area contributed by atoms with Gasteiger partial charge in [0.2, 0.25) is 0 Å². The van der Waals surface area contributed by atoms with Crippen LogP contribution in [0.4, 0.5) is 9.80 Å². The van der Waals surface area contributed by atoms with Gasteiger partial charge in [0.25, 0.3) is 5.91 Å². The lowest BCUT2D eigenvalue weighted by molar-refractivity contribution is -0.125. The van der Waals surface area contributed by atoms with Crippen LogP contribution < -0.4 is 5.32 Å². The molecule has 0 radical (unpaired) electrons. The molecular formula is C18H16ClN3O3S. The van der Waals surface area contributed by atoms with Gasteiger partial charge in [0, 0.05) is 21.0 Å². The van der Waals surface area contributed by atoms with Crippen LogP contribution in [0.1, 0.15) is 21.6 Å². The number of aliphatic imine (C=N–C) groups is 1. The standard InChI is InChI=1S/C18H16ClN3O3S/c1-9-10(2)26-15-13(9)14(11-3-5-12(19)6-4-11)21-18(16(23)20-15)7-22(8-18)17(24)25/h3-6H,7-8H2,1-2H3,(H,20,23)(H,24,25). The lowest BCUT2D eigenvalue weighted by atomic mass is 9.89. The number of anilines is 1. The van der Waals surface area contributed by atoms with Gasteiger partial charge in [0.1, 0.15) is 5.00 Å². The summed E-state index contributed by atoms with van der Waals surface area (Å²) in [5, 5.41) is 13.5. The van der Waals surface area contributed by atoms with Crippen LogP contribution in [0, 0.1) is 13.8 Å². The van der Waals surface area contributed by atoms with Crippen LogP contribution in [-0.2, 0) is 4.79 Å². The van der Waals surface area contributed by atoms with Crippen molar-refractivity contribution in [3.05, 3.63) is 50.9 Å². The molecule has 8 heteroatoms. The van der Waals surface area contributed by atoms with E-state index >= 15 is 0 Å². The van der Waals surface area contributed by atoms with Gasteiger partial charge in [0.15, 0.2) is 5.54 Å². The number of hydrogen-bond donors (Lipinski definition) is 2. The van der Waals surface area contributed by atoms with Gasteiger partial charge >= 0.3 is 6.09 Å². The molecule has 1 fully saturated rings. The summed E-state index contributed by atoms with van der Waals surface area (Å²) in [5.41, 5.74) is 2.41. The van der Waals surface area contributed by atoms with E-state index in [9.17, 15) is 9.59 Å². The molecule has 0 aliphatic carbocycles. The van der Waals surface area contributed by atoms with Crippen molar-refractivity contribution in [3.8, 4) is 0 Å². The smallest absolute Gasteiger partial charge is 0.407 e. The number of nitrogens with one attached hydrogen (secondary N) is 1. The molecule has 1 spiro atoms. The zero-order valence-corrected chi connectivity index (χ0v) is 15.7. The third kappa shape index (κ3) is 2.50. The fourth-order valence-corrected chi connectivity index (χ4v) is 4.47. The molecule has 6 nitrogen and oxygen atoms in total. The summed E-state index contributed by atoms with van der Waals surface area (Å²) in [6, 6.07) is 7.30. The summed E-state index contributed by atoms with van der Waals surface area (Å²) < 4.78 is 0. The van der Waals surface area contributed by atoms with Crippen LogP contribution in [0.3, 0.4) is 0 Å². The number of carboxylic acid groups (broad SMARTS) is 1. The van der Waals surface area contributed by atoms with Gasteiger partial charge in [-0.15, -0.1) is 11.3 Å². The number of rotatable bonds is 1. The van der Waals surface area contributed by atoms with Gasteiger partial charge < -0.3 is 15.3 Å². The quantitative estimate of drug-likeness (QED) is 0.782. The van der Waals surface area contributed by atoms with Crippen LogP contribution in [0.5, 0.6) is 0 Å². The largest absolute Gasteiger partial charge is 0.465 e. The molecule has 2 amide bonds. The van der Waals surface area contributed by atoms with Crippen molar-refractivity contribution in [2.75, 3.05) is 18.4 Å². The number of amides is 2. The average Bonchev–Trinajstić information content (AvgIpc) is 2.74. The third-order valence-electron chi connectivity index (χ3n) is 4.89. The van der Waals surface area contributed by atoms with Gasteiger partial charge in [-0.25, -0.2) is 4.79 Å². The molecule has 3 heterocycles. The van der Waals surface area contributed by atoms with Crippen LogP contribution in [-0.4, -0.2) is 46.3 Å². The number of nitrogens with zero attached hydrogens (tertiary/aromatic N) is 2. The number of carbonyl (C=O) groups is 2. The topological polar surface area (TPSA) is 82.0 Å². The molecule has 0 atom stereocenters. The highest BCUT2D eigenvalue weighted by Crippen LogP contribution is 2.40. The SMILES string of the molecule is Cc1sc2c(c1C)C(c1ccc(Cl)cc1)=NC1(CN(C(=O)O)C1)C(=O)N2. The number of hydrogen-bond acceptors (Lipinski definition) is 4. The maximum Gasteiger partial charge on any atom is 0.407 e. The predicted octanol–water partition coefficient (Wildman–Crippen LogP) is 3.54. The average molecular weight is 390 g/mol. The number of halogens is 1. The van der Waals surface area contributed by atoms with E-state index in [4.69, 9.17) is 21.7 Å². The molecule has 2 N–H and O–H groups in total. The molecule has 1 aromatic carbocycles. The molecule has 1 aromatic heterocycles. The summed E-state index contributed by atoms with van der Waals surface area (Å²) in [5.74, 6) is -0.263. The summed E-state index contributed by atoms with van der Waals surface area (Å²) in [7, 11) is 0. The molecule has 0 saturated carbocycles. The Morgan fingerprint density at radius 2 is 1.96 bits per heavy atom. The molecule has 2 aliphatic heterocycles. The van der Waals surface area contributed by atoms with Crippen molar-refractivity contribution in [3.63, 3.8) is 0 Å². The summed E-state index contributed by atoms with van der Waals surface area (Å²) >= 11 is 7.52. The zero-order chi connectivity index (χ0) is 18.6. The number of thiophene rings is 1. The first-order valence-corrected chi connectivity index (χ1v) is 9.26. The minimum absolute atomic E-state index is 0.0538. The fourth-order valence-electron chi connectivity index (χ4n) is 3.29. The Morgan fingerprint density at radius 3 is 2.58 bits per heavy atom. The molecule has 134 valence electrons. The molecule has 2 aliphatic rings. The first-order valence-electron chi connectivity index (χ1n) is 8.06. The summed E-state index contributed by atoms with van der Waals surface area (Å²) in [6.45, 7) is 4.12. The van der Waals surface area contributed by atoms with Gasteiger partial charge in [-0.2, -0.15) is 0 Å². The highest BCUT2D eigenvalue weighted by molar-refractivity contribution is 7.17. The van der Waals surface area contributed by atoms with E-state index in [-0.39, 0.29) is 19.0 Å². The van der Waals surface area contributed by atoms with Gasteiger partial charge in [0.05, 0.1) is 18.8 Å². The van der Waals surface area contributed by atoms with Crippen molar-refractivity contribution in [2.24, 2.45) is 4.99 Å². The monoisotopic (exact) mass is 389 g/mol. The van der Waals surface area contributed by atoms with Gasteiger partial charge in [-0.05, 0) is 31.5 Å². The van der Waals surface area contributed by atoms with E-state index in [1.165, 1.54) is 16.2 Å². The van der Waals surface area contributed by atoms with Crippen LogP contribution in [0.15, 0.2) is 29.3 Å². The Balaban J connectivity index is 1.89. The van der Waals surface area contributed by atoms with Gasteiger partial charge in [-0.1, -0.05) is 23.7 Å². The molecule has 4 rings (SSSR count). The molecular weight excluding hydrogens is 374 g/mol. The van der Waals surface area contributed by atoms with Crippen LogP contribution in [0.25, 0.3) is 0 Å². The lowest BCUT2D eigenvalue weighted by Gasteiger charge is -2.44. The van der Waals surface area contributed by atoms with Gasteiger partial charge in [-0.3, -0.25) is 9.79 Å². The molecule has 0 bridgehead atoms. The van der Waals surface area contributed by atoms with E-state index in [0.717, 1.165) is 26.6 Å². The second-order valence-electron chi connectivity index (χ2n) is 6.58. The van der Waals surface area contributed by atoms with E-state index < -0.39 is 11.6 Å². The highest BCUT2D eigenvalue weighted by atomic mass is 35.5. The number of carbonyl (C=O) groups excluding carboxylic acids is 1. The molecule has 1 saturated heterocycles. The van der Waals surface area contributed by atoms with Crippen molar-refractivity contribution in [1.82, 2.24) is 4.90 Å². The number of fused-ring (bicyclic) bond motifs is 1. The Bertz CT molecular complexity index is 959. The number of aryl methyl sites for hydroxylation is 1. The van der Waals surface area contributed by atoms with E-state index in [1.54, 1.807) is 12.1 Å². The number of benzene rings is 1. The van der Waals surface area contributed by atoms with E-state index in [1.807, 2.05) is 26.0 Å². The van der Waals surface area contributed by atoms with E-state index in [2.05, 4.69) is 5.32 Å². The Morgan fingerprint density at radius 1 is 1.31 bits per heavy atom. The predicted molar refractivity (Wildman–Crippen MR) is 102 cm³/mol. The first kappa shape index (κ1) is 17.1. The molecule has 0 unspecified atom stereocenters. The zero-order valence-electron chi connectivity index (χ0n) is 14.2. The number of likely N-dealkylation sites (tertiary alicyclic amines) is 1. The second-order valence-corrected chi connectivity index (χ2v) is 8.24. The van der Waals surface area contributed by atoms with Crippen molar-refractivity contribution >= 4 is 45.7 Å². The normalized spacial score (nSPS) is 17.9. The van der Waals surface area contributed by atoms with Crippen molar-refractivity contribution < 1.29 is 14.7 Å². The minimum atomic E-state index is -1.09. The first-order chi connectivity index (χ1) is 12.3. The maximum absolute atomic E-state index is 12.8. The van der Waals surface area contributed by atoms with E-state index in [0.29, 0.717) is 10.7 Å². The van der Waals surface area contributed by atoms with Crippen LogP contribution >= 0.6 is 22.9 Å². The summed E-state index contributed by atoms with van der Waals surface area (Å²) in [4.78, 5) is 31.1. The fraction of sp³-hybridized carbons (Fsp3) is 0.278. The lowest BCUT2D eigenvalue weighted by Crippen LogP contribution is -2.67.